The van der Waals surface area contributed by atoms with Crippen molar-refractivity contribution in [1.29, 1.82) is 0 Å². The molecular weight excluding hydrogens is 513 g/mol. The molecule has 1 fully saturated rings. The Balaban J connectivity index is 1.43. The fourth-order valence-electron chi connectivity index (χ4n) is 4.74. The fourth-order valence-corrected chi connectivity index (χ4v) is 5.27. The van der Waals surface area contributed by atoms with E-state index in [4.69, 9.17) is 28.0 Å². The molecule has 2 aliphatic rings. The average Bonchev–Trinajstić information content (AvgIpc) is 3.25. The van der Waals surface area contributed by atoms with Gasteiger partial charge in [-0.2, -0.15) is 0 Å². The Hall–Kier alpha value is -2.90. The second kappa shape index (κ2) is 11.2. The first-order valence-corrected chi connectivity index (χ1v) is 13.3. The molecule has 4 rings (SSSR count). The topological polar surface area (TPSA) is 79.3 Å². The van der Waals surface area contributed by atoms with Crippen molar-refractivity contribution in [2.75, 3.05) is 19.6 Å². The third-order valence-electron chi connectivity index (χ3n) is 6.90. The summed E-state index contributed by atoms with van der Waals surface area (Å²) in [6, 6.07) is 10.7. The number of oxime groups is 1. The number of rotatable bonds is 8. The summed E-state index contributed by atoms with van der Waals surface area (Å²) in [5.74, 6) is -0.985. The van der Waals surface area contributed by atoms with Crippen LogP contribution in [0.3, 0.4) is 0 Å². The van der Waals surface area contributed by atoms with Crippen LogP contribution in [0.4, 0.5) is 0 Å². The first-order chi connectivity index (χ1) is 17.6. The van der Waals surface area contributed by atoms with Crippen LogP contribution in [0.25, 0.3) is 0 Å². The molecule has 0 aliphatic carbocycles. The van der Waals surface area contributed by atoms with E-state index >= 15 is 0 Å². The van der Waals surface area contributed by atoms with Crippen LogP contribution in [-0.4, -0.2) is 52.9 Å². The monoisotopic (exact) mass is 543 g/mol. The van der Waals surface area contributed by atoms with Gasteiger partial charge >= 0.3 is 0 Å². The van der Waals surface area contributed by atoms with E-state index in [-0.39, 0.29) is 30.8 Å². The van der Waals surface area contributed by atoms with Gasteiger partial charge in [-0.25, -0.2) is 0 Å². The fraction of sp³-hybridized carbons (Fsp3) is 0.429. The van der Waals surface area contributed by atoms with Crippen molar-refractivity contribution in [3.63, 3.8) is 0 Å². The van der Waals surface area contributed by atoms with E-state index in [0.717, 1.165) is 48.1 Å². The number of aryl methyl sites for hydroxylation is 1. The summed E-state index contributed by atoms with van der Waals surface area (Å²) in [5, 5.41) is 5.35. The van der Waals surface area contributed by atoms with Crippen LogP contribution in [0.1, 0.15) is 73.0 Å². The lowest BCUT2D eigenvalue weighted by Crippen LogP contribution is -2.55. The molecule has 0 saturated carbocycles. The van der Waals surface area contributed by atoms with E-state index in [1.165, 1.54) is 9.80 Å². The van der Waals surface area contributed by atoms with Crippen LogP contribution in [0.5, 0.6) is 0 Å². The normalized spacial score (nSPS) is 19.8. The zero-order valence-electron chi connectivity index (χ0n) is 21.4. The molecule has 2 heterocycles. The lowest BCUT2D eigenvalue weighted by molar-refractivity contribution is -0.150. The molecule has 0 N–H and O–H groups in total. The van der Waals surface area contributed by atoms with Crippen molar-refractivity contribution in [3.8, 4) is 0 Å². The van der Waals surface area contributed by atoms with Crippen LogP contribution < -0.4 is 0 Å². The van der Waals surface area contributed by atoms with Gasteiger partial charge in [0.1, 0.15) is 13.1 Å². The highest BCUT2D eigenvalue weighted by Crippen LogP contribution is 2.38. The minimum Gasteiger partial charge on any atom is -0.384 e. The van der Waals surface area contributed by atoms with Gasteiger partial charge in [0.15, 0.2) is 5.60 Å². The zero-order valence-corrected chi connectivity index (χ0v) is 22.9. The number of benzene rings is 2. The van der Waals surface area contributed by atoms with Gasteiger partial charge in [-0.1, -0.05) is 60.6 Å². The summed E-state index contributed by atoms with van der Waals surface area (Å²) in [4.78, 5) is 46.9. The average molecular weight is 544 g/mol. The Labute approximate surface area is 227 Å². The first-order valence-electron chi connectivity index (χ1n) is 12.6. The Bertz CT molecular complexity index is 1220. The van der Waals surface area contributed by atoms with E-state index in [1.54, 1.807) is 12.1 Å². The predicted octanol–water partition coefficient (Wildman–Crippen LogP) is 5.73. The molecule has 196 valence electrons. The largest absolute Gasteiger partial charge is 0.384 e. The number of carbonyl (C=O) groups excluding carboxylic acids is 3. The highest BCUT2D eigenvalue weighted by atomic mass is 35.5. The first kappa shape index (κ1) is 27.1. The number of hydrogen-bond donors (Lipinski definition) is 0. The Morgan fingerprint density at radius 2 is 1.70 bits per heavy atom. The third-order valence-corrected chi connectivity index (χ3v) is 7.34. The van der Waals surface area contributed by atoms with Gasteiger partial charge < -0.3 is 9.74 Å². The van der Waals surface area contributed by atoms with E-state index in [2.05, 4.69) is 12.1 Å². The summed E-state index contributed by atoms with van der Waals surface area (Å²) in [5.41, 5.74) is 2.85. The molecule has 0 aromatic heterocycles. The highest BCUT2D eigenvalue weighted by Gasteiger charge is 2.38. The van der Waals surface area contributed by atoms with Crippen molar-refractivity contribution in [1.82, 2.24) is 9.80 Å². The quantitative estimate of drug-likeness (QED) is 0.314. The zero-order chi connectivity index (χ0) is 26.7. The van der Waals surface area contributed by atoms with Crippen molar-refractivity contribution < 1.29 is 19.2 Å². The molecular formula is C28H31Cl2N3O4. The molecule has 9 heteroatoms. The maximum absolute atomic E-state index is 13.2. The number of carbonyl (C=O) groups is 3. The summed E-state index contributed by atoms with van der Waals surface area (Å²) in [7, 11) is 0. The molecule has 0 spiro atoms. The summed E-state index contributed by atoms with van der Waals surface area (Å²) in [6.07, 6.45) is 4.42. The molecule has 0 bridgehead atoms. The maximum atomic E-state index is 13.2. The van der Waals surface area contributed by atoms with Crippen LogP contribution >= 0.6 is 23.2 Å². The number of halogens is 2. The van der Waals surface area contributed by atoms with E-state index < -0.39 is 5.60 Å². The van der Waals surface area contributed by atoms with Gasteiger partial charge in [-0.05, 0) is 61.7 Å². The molecule has 1 saturated heterocycles. The lowest BCUT2D eigenvalue weighted by atomic mass is 9.88. The van der Waals surface area contributed by atoms with Crippen molar-refractivity contribution >= 4 is 46.6 Å². The Morgan fingerprint density at radius 3 is 2.32 bits per heavy atom. The molecule has 1 unspecified atom stereocenters. The van der Waals surface area contributed by atoms with Gasteiger partial charge in [-0.15, -0.1) is 0 Å². The lowest BCUT2D eigenvalue weighted by Gasteiger charge is -2.33. The SMILES string of the molecule is CCCCCCN1C(=O)CN(C(=O)c2ccc(C3=NOC(C)(c4cc(Cl)cc(Cl)c4)C3)cc2C)CC1=O. The minimum absolute atomic E-state index is 0.0966. The van der Waals surface area contributed by atoms with Crippen LogP contribution in [0.2, 0.25) is 10.0 Å². The summed E-state index contributed by atoms with van der Waals surface area (Å²) < 4.78 is 0. The number of hydrogen-bond acceptors (Lipinski definition) is 5. The van der Waals surface area contributed by atoms with Gasteiger partial charge in [0, 0.05) is 34.1 Å². The third kappa shape index (κ3) is 5.99. The minimum atomic E-state index is -0.719. The molecule has 37 heavy (non-hydrogen) atoms. The van der Waals surface area contributed by atoms with Gasteiger partial charge in [-0.3, -0.25) is 19.3 Å². The molecule has 1 atom stereocenters. The molecule has 2 aliphatic heterocycles. The number of nitrogens with zero attached hydrogens (tertiary/aromatic N) is 3. The molecule has 2 aromatic carbocycles. The Kier molecular flexibility index (Phi) is 8.24. The molecule has 3 amide bonds. The van der Waals surface area contributed by atoms with Crippen LogP contribution in [0, 0.1) is 6.92 Å². The van der Waals surface area contributed by atoms with Crippen molar-refractivity contribution in [2.24, 2.45) is 5.16 Å². The van der Waals surface area contributed by atoms with Crippen LogP contribution in [-0.2, 0) is 20.0 Å². The summed E-state index contributed by atoms with van der Waals surface area (Å²) >= 11 is 12.4. The standard InChI is InChI=1S/C28H31Cl2N3O4/c1-4-5-6-7-10-33-25(34)16-32(17-26(33)35)27(36)23-9-8-19(11-18(23)2)24-15-28(3,37-31-24)20-12-21(29)14-22(30)13-20/h8-9,11-14H,4-7,10,15-17H2,1-3H3. The van der Waals surface area contributed by atoms with Crippen LogP contribution in [0.15, 0.2) is 41.6 Å². The highest BCUT2D eigenvalue weighted by molar-refractivity contribution is 6.34. The van der Waals surface area contributed by atoms with E-state index in [9.17, 15) is 14.4 Å². The number of piperazine rings is 1. The molecule has 0 radical (unpaired) electrons. The van der Waals surface area contributed by atoms with E-state index in [1.807, 2.05) is 38.1 Å². The Morgan fingerprint density at radius 1 is 1.03 bits per heavy atom. The smallest absolute Gasteiger partial charge is 0.255 e. The summed E-state index contributed by atoms with van der Waals surface area (Å²) in [6.45, 7) is 6.09. The van der Waals surface area contributed by atoms with Crippen molar-refractivity contribution in [2.45, 2.75) is 58.5 Å². The molecule has 2 aromatic rings. The predicted molar refractivity (Wildman–Crippen MR) is 144 cm³/mol. The number of unbranched alkanes of at least 4 members (excludes halogenated alkanes) is 3. The number of imide groups is 1. The van der Waals surface area contributed by atoms with E-state index in [0.29, 0.717) is 28.6 Å². The molecule has 7 nitrogen and oxygen atoms in total. The number of amides is 3. The van der Waals surface area contributed by atoms with Gasteiger partial charge in [0.05, 0.1) is 5.71 Å². The van der Waals surface area contributed by atoms with Gasteiger partial charge in [0.25, 0.3) is 5.91 Å². The second-order valence-electron chi connectivity index (χ2n) is 9.89. The maximum Gasteiger partial charge on any atom is 0.255 e. The van der Waals surface area contributed by atoms with Gasteiger partial charge in [0.2, 0.25) is 11.8 Å². The second-order valence-corrected chi connectivity index (χ2v) is 10.8. The van der Waals surface area contributed by atoms with Crippen molar-refractivity contribution in [3.05, 3.63) is 68.7 Å².